The summed E-state index contributed by atoms with van der Waals surface area (Å²) in [5.41, 5.74) is 0. The molecule has 9 heteroatoms. The number of esters is 1. The van der Waals surface area contributed by atoms with E-state index in [-0.39, 0.29) is 23.3 Å². The van der Waals surface area contributed by atoms with Gasteiger partial charge in [0.05, 0.1) is 18.0 Å². The molecule has 29 heavy (non-hydrogen) atoms. The van der Waals surface area contributed by atoms with E-state index in [1.165, 1.54) is 4.31 Å². The van der Waals surface area contributed by atoms with Gasteiger partial charge in [-0.15, -0.1) is 0 Å². The number of carbonyl (C=O) groups excluding carboxylic acids is 2. The zero-order chi connectivity index (χ0) is 20.9. The number of rotatable bonds is 6. The molecule has 1 atom stereocenters. The van der Waals surface area contributed by atoms with Gasteiger partial charge < -0.3 is 9.64 Å². The van der Waals surface area contributed by atoms with Gasteiger partial charge in [0.15, 0.2) is 0 Å². The van der Waals surface area contributed by atoms with Crippen LogP contribution >= 0.6 is 0 Å². The SMILES string of the molecule is CCOC(=O)[C@H]1CCCCN1C(=O)CN1CCN(S(=O)(=O)c2ccccc2)CC1. The minimum absolute atomic E-state index is 0.0953. The lowest BCUT2D eigenvalue weighted by Gasteiger charge is -2.37. The summed E-state index contributed by atoms with van der Waals surface area (Å²) in [5, 5.41) is 0. The van der Waals surface area contributed by atoms with Gasteiger partial charge in [0.2, 0.25) is 15.9 Å². The van der Waals surface area contributed by atoms with E-state index in [0.717, 1.165) is 12.8 Å². The van der Waals surface area contributed by atoms with Crippen LogP contribution in [0.15, 0.2) is 35.2 Å². The fourth-order valence-electron chi connectivity index (χ4n) is 3.87. The molecule has 1 aromatic carbocycles. The van der Waals surface area contributed by atoms with Crippen LogP contribution in [0.4, 0.5) is 0 Å². The van der Waals surface area contributed by atoms with Gasteiger partial charge in [0.25, 0.3) is 0 Å². The maximum absolute atomic E-state index is 12.8. The van der Waals surface area contributed by atoms with Gasteiger partial charge >= 0.3 is 5.97 Å². The van der Waals surface area contributed by atoms with Gasteiger partial charge in [-0.2, -0.15) is 4.31 Å². The van der Waals surface area contributed by atoms with Crippen molar-refractivity contribution in [2.75, 3.05) is 45.9 Å². The first-order valence-electron chi connectivity index (χ1n) is 10.2. The van der Waals surface area contributed by atoms with Crippen LogP contribution in [-0.2, 0) is 24.3 Å². The van der Waals surface area contributed by atoms with Gasteiger partial charge in [0.1, 0.15) is 6.04 Å². The number of hydrogen-bond donors (Lipinski definition) is 0. The average molecular weight is 424 g/mol. The third-order valence-electron chi connectivity index (χ3n) is 5.45. The molecular formula is C20H29N3O5S. The van der Waals surface area contributed by atoms with Crippen molar-refractivity contribution in [1.82, 2.24) is 14.1 Å². The Hall–Kier alpha value is -1.97. The largest absolute Gasteiger partial charge is 0.464 e. The van der Waals surface area contributed by atoms with E-state index in [9.17, 15) is 18.0 Å². The molecule has 0 spiro atoms. The molecule has 3 rings (SSSR count). The molecule has 2 fully saturated rings. The minimum Gasteiger partial charge on any atom is -0.464 e. The van der Waals surface area contributed by atoms with E-state index in [1.807, 2.05) is 4.90 Å². The maximum atomic E-state index is 12.8. The van der Waals surface area contributed by atoms with E-state index in [0.29, 0.717) is 45.8 Å². The lowest BCUT2D eigenvalue weighted by atomic mass is 10.0. The standard InChI is InChI=1S/C20H29N3O5S/c1-2-28-20(25)18-10-6-7-11-23(18)19(24)16-21-12-14-22(15-13-21)29(26,27)17-8-4-3-5-9-17/h3-5,8-9,18H,2,6-7,10-16H2,1H3/t18-/m1/s1. The van der Waals surface area contributed by atoms with Gasteiger partial charge in [0, 0.05) is 32.7 Å². The van der Waals surface area contributed by atoms with Crippen molar-refractivity contribution >= 4 is 21.9 Å². The highest BCUT2D eigenvalue weighted by atomic mass is 32.2. The van der Waals surface area contributed by atoms with Crippen molar-refractivity contribution in [2.45, 2.75) is 37.1 Å². The summed E-state index contributed by atoms with van der Waals surface area (Å²) in [7, 11) is -3.51. The molecule has 1 amide bonds. The van der Waals surface area contributed by atoms with Crippen LogP contribution in [-0.4, -0.2) is 86.3 Å². The quantitative estimate of drug-likeness (QED) is 0.633. The Morgan fingerprint density at radius 3 is 2.38 bits per heavy atom. The first kappa shape index (κ1) is 21.7. The summed E-state index contributed by atoms with van der Waals surface area (Å²) >= 11 is 0. The number of ether oxygens (including phenoxy) is 1. The Kier molecular flexibility index (Phi) is 7.26. The van der Waals surface area contributed by atoms with Gasteiger partial charge in [-0.1, -0.05) is 18.2 Å². The molecule has 0 aromatic heterocycles. The number of carbonyl (C=O) groups is 2. The first-order valence-corrected chi connectivity index (χ1v) is 11.6. The van der Waals surface area contributed by atoms with Crippen LogP contribution in [0.25, 0.3) is 0 Å². The Morgan fingerprint density at radius 2 is 1.72 bits per heavy atom. The number of hydrogen-bond acceptors (Lipinski definition) is 6. The lowest BCUT2D eigenvalue weighted by Crippen LogP contribution is -2.55. The van der Waals surface area contributed by atoms with E-state index >= 15 is 0 Å². The second-order valence-corrected chi connectivity index (χ2v) is 9.28. The second-order valence-electron chi connectivity index (χ2n) is 7.34. The monoisotopic (exact) mass is 423 g/mol. The summed E-state index contributed by atoms with van der Waals surface area (Å²) in [5.74, 6) is -0.429. The fourth-order valence-corrected chi connectivity index (χ4v) is 5.31. The lowest BCUT2D eigenvalue weighted by molar-refractivity contribution is -0.157. The summed E-state index contributed by atoms with van der Waals surface area (Å²) in [6.07, 6.45) is 2.42. The zero-order valence-electron chi connectivity index (χ0n) is 16.8. The molecule has 1 aromatic rings. The van der Waals surface area contributed by atoms with Crippen molar-refractivity contribution in [2.24, 2.45) is 0 Å². The van der Waals surface area contributed by atoms with E-state index in [2.05, 4.69) is 0 Å². The number of amides is 1. The smallest absolute Gasteiger partial charge is 0.328 e. The highest BCUT2D eigenvalue weighted by Gasteiger charge is 2.35. The van der Waals surface area contributed by atoms with Crippen LogP contribution < -0.4 is 0 Å². The third-order valence-corrected chi connectivity index (χ3v) is 7.37. The van der Waals surface area contributed by atoms with E-state index in [1.54, 1.807) is 42.2 Å². The molecule has 0 unspecified atom stereocenters. The van der Waals surface area contributed by atoms with Crippen LogP contribution in [0.2, 0.25) is 0 Å². The first-order chi connectivity index (χ1) is 13.9. The van der Waals surface area contributed by atoms with Gasteiger partial charge in [-0.05, 0) is 38.3 Å². The molecule has 0 N–H and O–H groups in total. The molecule has 2 aliphatic rings. The van der Waals surface area contributed by atoms with Gasteiger partial charge in [-0.3, -0.25) is 9.69 Å². The second kappa shape index (κ2) is 9.69. The Bertz CT molecular complexity index is 807. The van der Waals surface area contributed by atoms with Crippen molar-refractivity contribution in [3.8, 4) is 0 Å². The number of piperazine rings is 1. The summed E-state index contributed by atoms with van der Waals surface area (Å²) in [6, 6.07) is 7.89. The van der Waals surface area contributed by atoms with Crippen molar-refractivity contribution in [1.29, 1.82) is 0 Å². The van der Waals surface area contributed by atoms with Crippen molar-refractivity contribution in [3.63, 3.8) is 0 Å². The molecule has 2 heterocycles. The van der Waals surface area contributed by atoms with Crippen LogP contribution in [0, 0.1) is 0 Å². The number of benzene rings is 1. The number of piperidine rings is 1. The summed E-state index contributed by atoms with van der Waals surface area (Å²) in [4.78, 5) is 28.9. The van der Waals surface area contributed by atoms with Crippen LogP contribution in [0.3, 0.4) is 0 Å². The number of sulfonamides is 1. The van der Waals surface area contributed by atoms with Crippen molar-refractivity contribution < 1.29 is 22.7 Å². The molecule has 2 aliphatic heterocycles. The minimum atomic E-state index is -3.51. The van der Waals surface area contributed by atoms with Crippen molar-refractivity contribution in [3.05, 3.63) is 30.3 Å². The molecule has 160 valence electrons. The molecule has 0 saturated carbocycles. The van der Waals surface area contributed by atoms with Crippen LogP contribution in [0.1, 0.15) is 26.2 Å². The van der Waals surface area contributed by atoms with Gasteiger partial charge in [-0.25, -0.2) is 13.2 Å². The number of likely N-dealkylation sites (tertiary alicyclic amines) is 1. The molecule has 0 radical (unpaired) electrons. The molecule has 0 bridgehead atoms. The highest BCUT2D eigenvalue weighted by Crippen LogP contribution is 2.20. The summed E-state index contributed by atoms with van der Waals surface area (Å²) < 4.78 is 32.0. The topological polar surface area (TPSA) is 87.2 Å². The predicted octanol–water partition coefficient (Wildman–Crippen LogP) is 0.937. The highest BCUT2D eigenvalue weighted by molar-refractivity contribution is 7.89. The van der Waals surface area contributed by atoms with Crippen LogP contribution in [0.5, 0.6) is 0 Å². The normalized spacial score (nSPS) is 21.7. The molecular weight excluding hydrogens is 394 g/mol. The Morgan fingerprint density at radius 1 is 1.03 bits per heavy atom. The zero-order valence-corrected chi connectivity index (χ0v) is 17.6. The predicted molar refractivity (Wildman–Crippen MR) is 108 cm³/mol. The molecule has 2 saturated heterocycles. The molecule has 0 aliphatic carbocycles. The third kappa shape index (κ3) is 5.15. The maximum Gasteiger partial charge on any atom is 0.328 e. The van der Waals surface area contributed by atoms with E-state index < -0.39 is 16.1 Å². The Balaban J connectivity index is 1.56. The van der Waals surface area contributed by atoms with E-state index in [4.69, 9.17) is 4.74 Å². The number of nitrogens with zero attached hydrogens (tertiary/aromatic N) is 3. The fraction of sp³-hybridized carbons (Fsp3) is 0.600. The summed E-state index contributed by atoms with van der Waals surface area (Å²) in [6.45, 7) is 4.45. The Labute approximate surface area is 172 Å². The molecule has 8 nitrogen and oxygen atoms in total. The average Bonchev–Trinajstić information content (AvgIpc) is 2.75.